The van der Waals surface area contributed by atoms with E-state index in [1.54, 1.807) is 0 Å². The Balaban J connectivity index is 1.25. The fourth-order valence-corrected chi connectivity index (χ4v) is 7.13. The van der Waals surface area contributed by atoms with E-state index >= 15 is 0 Å². The Morgan fingerprint density at radius 1 is 0.854 bits per heavy atom. The number of ether oxygens (including phenoxy) is 2. The zero-order valence-corrected chi connectivity index (χ0v) is 29.2. The molecule has 2 aliphatic rings. The number of para-hydroxylation sites is 2. The van der Waals surface area contributed by atoms with Crippen LogP contribution in [-0.2, 0) is 12.8 Å². The van der Waals surface area contributed by atoms with Crippen molar-refractivity contribution in [3.8, 4) is 11.5 Å². The van der Waals surface area contributed by atoms with E-state index in [1.807, 2.05) is 36.1 Å². The number of carbonyl (C=O) groups is 1. The minimum atomic E-state index is -0.409. The molecule has 3 aromatic carbocycles. The molecule has 0 spiro atoms. The van der Waals surface area contributed by atoms with Crippen LogP contribution >= 0.6 is 0 Å². The maximum Gasteiger partial charge on any atom is 0.322 e. The Kier molecular flexibility index (Phi) is 13.9. The molecule has 2 N–H and O–H groups in total. The average Bonchev–Trinajstić information content (AvgIpc) is 3.13. The summed E-state index contributed by atoms with van der Waals surface area (Å²) in [6.07, 6.45) is 10.7. The van der Waals surface area contributed by atoms with Crippen molar-refractivity contribution in [2.45, 2.75) is 84.1 Å². The Bertz CT molecular complexity index is 1410. The van der Waals surface area contributed by atoms with Gasteiger partial charge in [-0.1, -0.05) is 75.1 Å². The highest BCUT2D eigenvalue weighted by Gasteiger charge is 2.27. The van der Waals surface area contributed by atoms with Gasteiger partial charge in [-0.25, -0.2) is 4.79 Å². The third-order valence-electron chi connectivity index (χ3n) is 9.92. The van der Waals surface area contributed by atoms with Gasteiger partial charge in [-0.05, 0) is 80.8 Å². The molecule has 260 valence electrons. The van der Waals surface area contributed by atoms with Crippen molar-refractivity contribution >= 4 is 17.4 Å². The maximum atomic E-state index is 14.3. The van der Waals surface area contributed by atoms with E-state index in [4.69, 9.17) is 9.47 Å². The molecule has 3 aromatic rings. The van der Waals surface area contributed by atoms with Gasteiger partial charge >= 0.3 is 6.03 Å². The van der Waals surface area contributed by atoms with Crippen LogP contribution in [-0.4, -0.2) is 73.6 Å². The molecule has 8 nitrogen and oxygen atoms in total. The van der Waals surface area contributed by atoms with Gasteiger partial charge in [-0.2, -0.15) is 0 Å². The molecule has 2 amide bonds. The first-order valence-electron chi connectivity index (χ1n) is 18.3. The van der Waals surface area contributed by atoms with Crippen molar-refractivity contribution in [2.24, 2.45) is 0 Å². The lowest BCUT2D eigenvalue weighted by Gasteiger charge is -2.36. The first-order chi connectivity index (χ1) is 23.6. The molecule has 0 aromatic heterocycles. The first kappa shape index (κ1) is 35.6. The van der Waals surface area contributed by atoms with Gasteiger partial charge in [0.15, 0.2) is 6.79 Å². The molecule has 1 aliphatic carbocycles. The molecule has 48 heavy (non-hydrogen) atoms. The summed E-state index contributed by atoms with van der Waals surface area (Å²) in [6, 6.07) is 22.2. The summed E-state index contributed by atoms with van der Waals surface area (Å²) in [6.45, 7) is 10.3. The number of aliphatic hydroxyl groups is 1. The number of aryl methyl sites for hydroxylation is 1. The van der Waals surface area contributed by atoms with Crippen LogP contribution in [0, 0.1) is 0 Å². The highest BCUT2D eigenvalue weighted by molar-refractivity contribution is 5.92. The summed E-state index contributed by atoms with van der Waals surface area (Å²) in [5.41, 5.74) is 5.53. The lowest BCUT2D eigenvalue weighted by atomic mass is 9.90. The summed E-state index contributed by atoms with van der Waals surface area (Å²) < 4.78 is 12.0. The lowest BCUT2D eigenvalue weighted by molar-refractivity contribution is 0.0958. The van der Waals surface area contributed by atoms with E-state index in [2.05, 4.69) is 64.5 Å². The number of carbonyl (C=O) groups excluding carboxylic acids is 1. The van der Waals surface area contributed by atoms with Crippen molar-refractivity contribution in [2.75, 3.05) is 62.9 Å². The number of nitrogens with zero attached hydrogens (tertiary/aromatic N) is 3. The number of piperazine rings is 1. The van der Waals surface area contributed by atoms with Crippen LogP contribution in [0.5, 0.6) is 11.5 Å². The number of hydrogen-bond donors (Lipinski definition) is 2. The van der Waals surface area contributed by atoms with Crippen LogP contribution in [0.15, 0.2) is 66.7 Å². The van der Waals surface area contributed by atoms with Crippen LogP contribution in [0.2, 0.25) is 0 Å². The van der Waals surface area contributed by atoms with Crippen molar-refractivity contribution in [3.63, 3.8) is 0 Å². The predicted molar refractivity (Wildman–Crippen MR) is 195 cm³/mol. The molecule has 1 unspecified atom stereocenters. The third-order valence-corrected chi connectivity index (χ3v) is 9.92. The van der Waals surface area contributed by atoms with Crippen LogP contribution in [0.3, 0.4) is 0 Å². The van der Waals surface area contributed by atoms with Crippen molar-refractivity contribution in [3.05, 3.63) is 83.4 Å². The number of fused-ring (bicyclic) bond motifs is 1. The van der Waals surface area contributed by atoms with Crippen LogP contribution < -0.4 is 19.7 Å². The topological polar surface area (TPSA) is 77.5 Å². The molecule has 1 atom stereocenters. The molecule has 1 aliphatic heterocycles. The molecular formula is C40H56N4O4. The standard InChI is InChI=1S/C40H56N4O4/c1-3-4-5-6-14-25-44(32(2)35-19-12-13-21-37(35)48-31-45)40(46)41-39-36-20-11-10-16-33(36)22-23-38(39)47-30-15-24-42-26-28-43(29-27-42)34-17-8-7-9-18-34/h7-9,12-13,17-19,21-23,32,45H,3-6,10-11,14-16,20,24-31H2,1-2H3,(H,41,46). The molecule has 8 heteroatoms. The number of urea groups is 1. The molecular weight excluding hydrogens is 600 g/mol. The van der Waals surface area contributed by atoms with Gasteiger partial charge in [0, 0.05) is 50.5 Å². The van der Waals surface area contributed by atoms with Gasteiger partial charge in [0.25, 0.3) is 0 Å². The molecule has 0 bridgehead atoms. The summed E-state index contributed by atoms with van der Waals surface area (Å²) in [5, 5.41) is 12.9. The Hall–Kier alpha value is -3.75. The molecule has 1 saturated heterocycles. The fourth-order valence-electron chi connectivity index (χ4n) is 7.13. The quantitative estimate of drug-likeness (QED) is 0.113. The highest BCUT2D eigenvalue weighted by atomic mass is 16.6. The number of anilines is 2. The number of nitrogens with one attached hydrogen (secondary N) is 1. The van der Waals surface area contributed by atoms with E-state index in [0.29, 0.717) is 18.9 Å². The van der Waals surface area contributed by atoms with Crippen molar-refractivity contribution in [1.82, 2.24) is 9.80 Å². The fraction of sp³-hybridized carbons (Fsp3) is 0.525. The highest BCUT2D eigenvalue weighted by Crippen LogP contribution is 2.37. The van der Waals surface area contributed by atoms with Crippen molar-refractivity contribution < 1.29 is 19.4 Å². The van der Waals surface area contributed by atoms with E-state index < -0.39 is 6.79 Å². The first-order valence-corrected chi connectivity index (χ1v) is 18.3. The third kappa shape index (κ3) is 9.66. The Morgan fingerprint density at radius 2 is 1.60 bits per heavy atom. The average molecular weight is 657 g/mol. The molecule has 1 heterocycles. The van der Waals surface area contributed by atoms with E-state index in [1.165, 1.54) is 36.1 Å². The van der Waals surface area contributed by atoms with E-state index in [0.717, 1.165) is 94.7 Å². The second-order valence-electron chi connectivity index (χ2n) is 13.2. The molecule has 0 saturated carbocycles. The van der Waals surface area contributed by atoms with Gasteiger partial charge in [0.2, 0.25) is 0 Å². The number of hydrogen-bond acceptors (Lipinski definition) is 6. The summed E-state index contributed by atoms with van der Waals surface area (Å²) in [5.74, 6) is 1.36. The molecule has 0 radical (unpaired) electrons. The molecule has 5 rings (SSSR count). The van der Waals surface area contributed by atoms with Crippen LogP contribution in [0.1, 0.15) is 87.9 Å². The Morgan fingerprint density at radius 3 is 2.40 bits per heavy atom. The van der Waals surface area contributed by atoms with Gasteiger partial charge in [-0.3, -0.25) is 4.90 Å². The normalized spacial score (nSPS) is 15.4. The summed E-state index contributed by atoms with van der Waals surface area (Å²) >= 11 is 0. The van der Waals surface area contributed by atoms with Crippen LogP contribution in [0.4, 0.5) is 16.2 Å². The minimum Gasteiger partial charge on any atom is -0.491 e. The number of rotatable bonds is 17. The van der Waals surface area contributed by atoms with E-state index in [-0.39, 0.29) is 12.1 Å². The van der Waals surface area contributed by atoms with E-state index in [9.17, 15) is 9.90 Å². The zero-order valence-electron chi connectivity index (χ0n) is 29.2. The Labute approximate surface area is 288 Å². The second-order valence-corrected chi connectivity index (χ2v) is 13.2. The van der Waals surface area contributed by atoms with Crippen molar-refractivity contribution in [1.29, 1.82) is 0 Å². The predicted octanol–water partition coefficient (Wildman–Crippen LogP) is 8.05. The maximum absolute atomic E-state index is 14.3. The number of unbranched alkanes of at least 4 members (excludes halogenated alkanes) is 4. The largest absolute Gasteiger partial charge is 0.491 e. The monoisotopic (exact) mass is 656 g/mol. The van der Waals surface area contributed by atoms with Gasteiger partial charge in [0.1, 0.15) is 11.5 Å². The second kappa shape index (κ2) is 18.7. The van der Waals surface area contributed by atoms with Gasteiger partial charge in [0.05, 0.1) is 18.3 Å². The number of aliphatic hydroxyl groups excluding tert-OH is 1. The van der Waals surface area contributed by atoms with Gasteiger partial charge < -0.3 is 29.7 Å². The number of benzene rings is 3. The molecule has 1 fully saturated rings. The SMILES string of the molecule is CCCCCCCN(C(=O)Nc1c(OCCCN2CCN(c3ccccc3)CC2)ccc2c1CCCC2)C(C)c1ccccc1OCO. The van der Waals surface area contributed by atoms with Crippen LogP contribution in [0.25, 0.3) is 0 Å². The zero-order chi connectivity index (χ0) is 33.6. The smallest absolute Gasteiger partial charge is 0.322 e. The lowest BCUT2D eigenvalue weighted by Crippen LogP contribution is -2.46. The van der Waals surface area contributed by atoms with Gasteiger partial charge in [-0.15, -0.1) is 0 Å². The summed E-state index contributed by atoms with van der Waals surface area (Å²) in [7, 11) is 0. The minimum absolute atomic E-state index is 0.128. The summed E-state index contributed by atoms with van der Waals surface area (Å²) in [4.78, 5) is 21.2. The number of amides is 2.